The van der Waals surface area contributed by atoms with Gasteiger partial charge in [-0.05, 0) is 26.0 Å². The molecule has 0 saturated heterocycles. The second-order valence-electron chi connectivity index (χ2n) is 6.56. The number of aliphatic hydroxyl groups excluding tert-OH is 1. The smallest absolute Gasteiger partial charge is 0.142 e. The van der Waals surface area contributed by atoms with Crippen LogP contribution in [-0.2, 0) is 0 Å². The fraction of sp³-hybridized carbons (Fsp3) is 0.182. The maximum atomic E-state index is 10.6. The van der Waals surface area contributed by atoms with Crippen molar-refractivity contribution in [1.82, 2.24) is 4.98 Å². The number of amidine groups is 1. The standard InChI is InChI=1S/C22H21N3O2S/c1-3-27-19-7-5-4-6-17(19)25-12-18(26)20(21(25)23)22-24-16(13-28-22)15-10-8-14(2)9-11-15/h4-11,13,23,26H,3,12H2,1-2H3. The van der Waals surface area contributed by atoms with Crippen LogP contribution in [0.4, 0.5) is 5.69 Å². The fourth-order valence-corrected chi connectivity index (χ4v) is 4.11. The zero-order chi connectivity index (χ0) is 19.7. The molecule has 2 heterocycles. The number of thiazole rings is 1. The topological polar surface area (TPSA) is 69.4 Å². The zero-order valence-corrected chi connectivity index (χ0v) is 16.6. The quantitative estimate of drug-likeness (QED) is 0.620. The first kappa shape index (κ1) is 18.3. The molecule has 1 aliphatic heterocycles. The van der Waals surface area contributed by atoms with Crippen molar-refractivity contribution in [3.05, 3.63) is 70.2 Å². The van der Waals surface area contributed by atoms with Crippen molar-refractivity contribution in [3.63, 3.8) is 0 Å². The Kier molecular flexibility index (Phi) is 4.88. The molecule has 28 heavy (non-hydrogen) atoms. The molecule has 0 radical (unpaired) electrons. The molecule has 5 nitrogen and oxygen atoms in total. The van der Waals surface area contributed by atoms with Crippen molar-refractivity contribution in [2.75, 3.05) is 18.1 Å². The lowest BCUT2D eigenvalue weighted by Crippen LogP contribution is -2.26. The van der Waals surface area contributed by atoms with Crippen LogP contribution in [0.5, 0.6) is 5.75 Å². The first-order chi connectivity index (χ1) is 13.6. The largest absolute Gasteiger partial charge is 0.510 e. The normalized spacial score (nSPS) is 14.1. The third-order valence-electron chi connectivity index (χ3n) is 4.62. The Balaban J connectivity index is 1.64. The molecule has 0 saturated carbocycles. The van der Waals surface area contributed by atoms with E-state index in [1.165, 1.54) is 16.9 Å². The summed E-state index contributed by atoms with van der Waals surface area (Å²) in [5.74, 6) is 1.08. The molecular formula is C22H21N3O2S. The van der Waals surface area contributed by atoms with Crippen molar-refractivity contribution in [2.45, 2.75) is 13.8 Å². The number of nitrogens with one attached hydrogen (secondary N) is 1. The molecule has 0 amide bonds. The molecule has 0 aliphatic carbocycles. The summed E-state index contributed by atoms with van der Waals surface area (Å²) in [5, 5.41) is 21.9. The first-order valence-electron chi connectivity index (χ1n) is 9.11. The summed E-state index contributed by atoms with van der Waals surface area (Å²) in [6.07, 6.45) is 0. The second-order valence-corrected chi connectivity index (χ2v) is 7.42. The van der Waals surface area contributed by atoms with Gasteiger partial charge in [0.05, 0.1) is 30.1 Å². The monoisotopic (exact) mass is 391 g/mol. The molecule has 0 fully saturated rings. The molecule has 1 aromatic heterocycles. The highest BCUT2D eigenvalue weighted by molar-refractivity contribution is 7.11. The van der Waals surface area contributed by atoms with Crippen LogP contribution in [0.15, 0.2) is 59.7 Å². The van der Waals surface area contributed by atoms with Gasteiger partial charge in [0.1, 0.15) is 22.4 Å². The molecule has 2 N–H and O–H groups in total. The lowest BCUT2D eigenvalue weighted by atomic mass is 10.1. The Morgan fingerprint density at radius 1 is 1.18 bits per heavy atom. The van der Waals surface area contributed by atoms with E-state index in [1.54, 1.807) is 4.90 Å². The summed E-state index contributed by atoms with van der Waals surface area (Å²) >= 11 is 1.44. The van der Waals surface area contributed by atoms with Crippen molar-refractivity contribution in [1.29, 1.82) is 5.41 Å². The number of nitrogens with zero attached hydrogens (tertiary/aromatic N) is 2. The number of hydrogen-bond acceptors (Lipinski definition) is 5. The SMILES string of the molecule is CCOc1ccccc1N1CC(O)=C(c2nc(-c3ccc(C)cc3)cs2)C1=N. The predicted molar refractivity (Wildman–Crippen MR) is 115 cm³/mol. The molecular weight excluding hydrogens is 370 g/mol. The van der Waals surface area contributed by atoms with E-state index in [2.05, 4.69) is 17.1 Å². The number of aliphatic hydroxyl groups is 1. The van der Waals surface area contributed by atoms with Gasteiger partial charge in [0.15, 0.2) is 0 Å². The van der Waals surface area contributed by atoms with Crippen LogP contribution < -0.4 is 9.64 Å². The van der Waals surface area contributed by atoms with E-state index in [0.717, 1.165) is 16.9 Å². The van der Waals surface area contributed by atoms with Gasteiger partial charge in [0.25, 0.3) is 0 Å². The van der Waals surface area contributed by atoms with Crippen LogP contribution in [0, 0.1) is 12.3 Å². The minimum absolute atomic E-state index is 0.154. The number of ether oxygens (including phenoxy) is 1. The number of para-hydroxylation sites is 2. The van der Waals surface area contributed by atoms with E-state index >= 15 is 0 Å². The highest BCUT2D eigenvalue weighted by atomic mass is 32.1. The van der Waals surface area contributed by atoms with Gasteiger partial charge in [-0.2, -0.15) is 0 Å². The number of aromatic nitrogens is 1. The Labute approximate surface area is 168 Å². The summed E-state index contributed by atoms with van der Waals surface area (Å²) < 4.78 is 5.69. The molecule has 6 heteroatoms. The van der Waals surface area contributed by atoms with Gasteiger partial charge >= 0.3 is 0 Å². The minimum atomic E-state index is 0.154. The molecule has 4 rings (SSSR count). The van der Waals surface area contributed by atoms with E-state index in [-0.39, 0.29) is 18.1 Å². The maximum absolute atomic E-state index is 10.6. The third kappa shape index (κ3) is 3.27. The van der Waals surface area contributed by atoms with E-state index < -0.39 is 0 Å². The summed E-state index contributed by atoms with van der Waals surface area (Å²) in [5.41, 5.74) is 4.32. The predicted octanol–water partition coefficient (Wildman–Crippen LogP) is 5.28. The van der Waals surface area contributed by atoms with Gasteiger partial charge in [-0.3, -0.25) is 5.41 Å². The van der Waals surface area contributed by atoms with Crippen molar-refractivity contribution in [3.8, 4) is 17.0 Å². The highest BCUT2D eigenvalue weighted by Gasteiger charge is 2.32. The Hall–Kier alpha value is -3.12. The molecule has 0 atom stereocenters. The molecule has 0 bridgehead atoms. The lowest BCUT2D eigenvalue weighted by Gasteiger charge is -2.21. The van der Waals surface area contributed by atoms with Gasteiger partial charge < -0.3 is 14.7 Å². The number of aryl methyl sites for hydroxylation is 1. The average molecular weight is 391 g/mol. The van der Waals surface area contributed by atoms with Gasteiger partial charge in [0.2, 0.25) is 0 Å². The number of benzene rings is 2. The van der Waals surface area contributed by atoms with Gasteiger partial charge in [0, 0.05) is 10.9 Å². The Morgan fingerprint density at radius 3 is 2.68 bits per heavy atom. The summed E-state index contributed by atoms with van der Waals surface area (Å²) in [6.45, 7) is 4.75. The first-order valence-corrected chi connectivity index (χ1v) is 9.99. The van der Waals surface area contributed by atoms with Crippen LogP contribution in [0.3, 0.4) is 0 Å². The molecule has 142 valence electrons. The van der Waals surface area contributed by atoms with E-state index in [9.17, 15) is 5.11 Å². The van der Waals surface area contributed by atoms with Crippen LogP contribution in [0.25, 0.3) is 16.8 Å². The molecule has 0 unspecified atom stereocenters. The minimum Gasteiger partial charge on any atom is -0.510 e. The zero-order valence-electron chi connectivity index (χ0n) is 15.8. The van der Waals surface area contributed by atoms with E-state index in [1.807, 2.05) is 55.6 Å². The number of rotatable bonds is 5. The third-order valence-corrected chi connectivity index (χ3v) is 5.48. The average Bonchev–Trinajstić information content (AvgIpc) is 3.27. The maximum Gasteiger partial charge on any atom is 0.142 e. The second kappa shape index (κ2) is 7.48. The van der Waals surface area contributed by atoms with Crippen LogP contribution >= 0.6 is 11.3 Å². The van der Waals surface area contributed by atoms with Crippen molar-refractivity contribution in [2.24, 2.45) is 0 Å². The van der Waals surface area contributed by atoms with Crippen molar-refractivity contribution < 1.29 is 9.84 Å². The lowest BCUT2D eigenvalue weighted by molar-refractivity contribution is 0.341. The fourth-order valence-electron chi connectivity index (χ4n) is 3.21. The Morgan fingerprint density at radius 2 is 1.93 bits per heavy atom. The summed E-state index contributed by atoms with van der Waals surface area (Å²) in [7, 11) is 0. The summed E-state index contributed by atoms with van der Waals surface area (Å²) in [4.78, 5) is 6.43. The molecule has 2 aromatic carbocycles. The molecule has 1 aliphatic rings. The number of hydrogen-bond donors (Lipinski definition) is 2. The van der Waals surface area contributed by atoms with Crippen LogP contribution in [0.2, 0.25) is 0 Å². The molecule has 3 aromatic rings. The molecule has 0 spiro atoms. The van der Waals surface area contributed by atoms with Crippen molar-refractivity contribution >= 4 is 28.4 Å². The van der Waals surface area contributed by atoms with Crippen LogP contribution in [-0.4, -0.2) is 29.1 Å². The number of anilines is 1. The van der Waals surface area contributed by atoms with Gasteiger partial charge in [-0.1, -0.05) is 42.0 Å². The van der Waals surface area contributed by atoms with Gasteiger partial charge in [-0.15, -0.1) is 11.3 Å². The summed E-state index contributed by atoms with van der Waals surface area (Å²) in [6, 6.07) is 15.7. The highest BCUT2D eigenvalue weighted by Crippen LogP contribution is 2.37. The van der Waals surface area contributed by atoms with Gasteiger partial charge in [-0.25, -0.2) is 4.98 Å². The Bertz CT molecular complexity index is 1050. The van der Waals surface area contributed by atoms with E-state index in [4.69, 9.17) is 10.1 Å². The van der Waals surface area contributed by atoms with Crippen LogP contribution in [0.1, 0.15) is 17.5 Å². The van der Waals surface area contributed by atoms with E-state index in [0.29, 0.717) is 22.9 Å².